The molecular weight excluding hydrogens is 156 g/mol. The molecule has 0 aliphatic heterocycles. The normalized spacial score (nSPS) is 13.2. The molecule has 0 bridgehead atoms. The molecule has 0 N–H and O–H groups in total. The van der Waals surface area contributed by atoms with Gasteiger partial charge in [0, 0.05) is 0 Å². The Morgan fingerprint density at radius 2 is 1.92 bits per heavy atom. The molecule has 0 saturated heterocycles. The van der Waals surface area contributed by atoms with Crippen LogP contribution in [-0.4, -0.2) is 0 Å². The van der Waals surface area contributed by atoms with E-state index in [1.807, 2.05) is 6.08 Å². The average molecular weight is 178 g/mol. The number of allylic oxidation sites excluding steroid dienone is 5. The summed E-state index contributed by atoms with van der Waals surface area (Å²) in [5.41, 5.74) is 2.78. The minimum absolute atomic E-state index is 1.13. The van der Waals surface area contributed by atoms with Crippen LogP contribution in [0.5, 0.6) is 0 Å². The molecule has 0 aromatic carbocycles. The summed E-state index contributed by atoms with van der Waals surface area (Å²) in [7, 11) is 0. The summed E-state index contributed by atoms with van der Waals surface area (Å²) in [5.74, 6) is 0. The van der Waals surface area contributed by atoms with Crippen LogP contribution < -0.4 is 0 Å². The summed E-state index contributed by atoms with van der Waals surface area (Å²) in [6.45, 7) is 10.4. The van der Waals surface area contributed by atoms with Crippen LogP contribution in [-0.2, 0) is 0 Å². The molecule has 0 aromatic heterocycles. The van der Waals surface area contributed by atoms with Crippen molar-refractivity contribution in [3.05, 3.63) is 36.0 Å². The summed E-state index contributed by atoms with van der Waals surface area (Å²) < 4.78 is 0. The topological polar surface area (TPSA) is 0 Å². The second-order valence-corrected chi connectivity index (χ2v) is 3.42. The molecule has 13 heavy (non-hydrogen) atoms. The SMILES string of the molecule is C=C/C(=C\C=C(/C)CC)CCCC. The lowest BCUT2D eigenvalue weighted by Gasteiger charge is -1.98. The van der Waals surface area contributed by atoms with Crippen molar-refractivity contribution < 1.29 is 0 Å². The van der Waals surface area contributed by atoms with Crippen LogP contribution in [0.4, 0.5) is 0 Å². The van der Waals surface area contributed by atoms with E-state index in [0.717, 1.165) is 12.8 Å². The third-order valence-corrected chi connectivity index (χ3v) is 2.22. The third-order valence-electron chi connectivity index (χ3n) is 2.22. The van der Waals surface area contributed by atoms with Gasteiger partial charge in [-0.25, -0.2) is 0 Å². The van der Waals surface area contributed by atoms with Crippen molar-refractivity contribution in [2.75, 3.05) is 0 Å². The highest BCUT2D eigenvalue weighted by molar-refractivity contribution is 5.23. The Labute approximate surface area is 83.0 Å². The molecule has 0 nitrogen and oxygen atoms in total. The minimum Gasteiger partial charge on any atom is -0.0988 e. The van der Waals surface area contributed by atoms with Crippen LogP contribution in [0.2, 0.25) is 0 Å². The summed E-state index contributed by atoms with van der Waals surface area (Å²) >= 11 is 0. The first-order valence-electron chi connectivity index (χ1n) is 5.23. The van der Waals surface area contributed by atoms with E-state index in [4.69, 9.17) is 0 Å². The highest BCUT2D eigenvalue weighted by Crippen LogP contribution is 2.09. The maximum Gasteiger partial charge on any atom is -0.0279 e. The minimum atomic E-state index is 1.13. The van der Waals surface area contributed by atoms with Gasteiger partial charge in [0.2, 0.25) is 0 Å². The van der Waals surface area contributed by atoms with Crippen molar-refractivity contribution >= 4 is 0 Å². The Morgan fingerprint density at radius 3 is 2.38 bits per heavy atom. The van der Waals surface area contributed by atoms with E-state index in [1.54, 1.807) is 0 Å². The molecule has 0 amide bonds. The van der Waals surface area contributed by atoms with Crippen molar-refractivity contribution in [1.29, 1.82) is 0 Å². The van der Waals surface area contributed by atoms with Gasteiger partial charge in [-0.2, -0.15) is 0 Å². The van der Waals surface area contributed by atoms with Gasteiger partial charge in [0.15, 0.2) is 0 Å². The lowest BCUT2D eigenvalue weighted by molar-refractivity contribution is 0.798. The monoisotopic (exact) mass is 178 g/mol. The Hall–Kier alpha value is -0.780. The van der Waals surface area contributed by atoms with E-state index in [9.17, 15) is 0 Å². The van der Waals surface area contributed by atoms with Crippen LogP contribution in [0.15, 0.2) is 36.0 Å². The van der Waals surface area contributed by atoms with Crippen molar-refractivity contribution in [3.63, 3.8) is 0 Å². The maximum absolute atomic E-state index is 3.82. The molecule has 0 heteroatoms. The van der Waals surface area contributed by atoms with Crippen LogP contribution in [0, 0.1) is 0 Å². The molecule has 0 fully saturated rings. The van der Waals surface area contributed by atoms with Crippen LogP contribution >= 0.6 is 0 Å². The second-order valence-electron chi connectivity index (χ2n) is 3.42. The van der Waals surface area contributed by atoms with E-state index in [1.165, 1.54) is 24.0 Å². The summed E-state index contributed by atoms with van der Waals surface area (Å²) in [5, 5.41) is 0. The highest BCUT2D eigenvalue weighted by atomic mass is 14.0. The molecule has 0 atom stereocenters. The molecule has 0 radical (unpaired) electrons. The molecular formula is C13H22. The quantitative estimate of drug-likeness (QED) is 0.519. The van der Waals surface area contributed by atoms with Crippen LogP contribution in [0.25, 0.3) is 0 Å². The first-order chi connectivity index (χ1) is 6.24. The van der Waals surface area contributed by atoms with E-state index < -0.39 is 0 Å². The first-order valence-corrected chi connectivity index (χ1v) is 5.23. The molecule has 0 aliphatic rings. The van der Waals surface area contributed by atoms with Crippen LogP contribution in [0.3, 0.4) is 0 Å². The molecule has 0 unspecified atom stereocenters. The molecule has 74 valence electrons. The summed E-state index contributed by atoms with van der Waals surface area (Å²) in [4.78, 5) is 0. The Bertz CT molecular complexity index is 194. The van der Waals surface area contributed by atoms with Crippen molar-refractivity contribution in [2.24, 2.45) is 0 Å². The number of rotatable bonds is 6. The fourth-order valence-corrected chi connectivity index (χ4v) is 1.00. The predicted octanol–water partition coefficient (Wildman–Crippen LogP) is 4.65. The standard InChI is InChI=1S/C13H22/c1-5-8-9-13(7-3)11-10-12(4)6-2/h7,10-11H,3,5-6,8-9H2,1-2,4H3/b12-10+,13-11+. The van der Waals surface area contributed by atoms with E-state index in [0.29, 0.717) is 0 Å². The fraction of sp³-hybridized carbons (Fsp3) is 0.538. The van der Waals surface area contributed by atoms with Gasteiger partial charge in [0.25, 0.3) is 0 Å². The number of hydrogen-bond acceptors (Lipinski definition) is 0. The fourth-order valence-electron chi connectivity index (χ4n) is 1.00. The van der Waals surface area contributed by atoms with E-state index in [2.05, 4.69) is 39.5 Å². The van der Waals surface area contributed by atoms with Gasteiger partial charge in [-0.3, -0.25) is 0 Å². The smallest absolute Gasteiger partial charge is 0.0279 e. The molecule has 0 spiro atoms. The molecule has 0 aromatic rings. The Kier molecular flexibility index (Phi) is 7.38. The van der Waals surface area contributed by atoms with Gasteiger partial charge in [-0.1, -0.05) is 50.6 Å². The first kappa shape index (κ1) is 12.2. The van der Waals surface area contributed by atoms with Gasteiger partial charge in [-0.15, -0.1) is 0 Å². The van der Waals surface area contributed by atoms with E-state index >= 15 is 0 Å². The zero-order chi connectivity index (χ0) is 10.1. The van der Waals surface area contributed by atoms with Gasteiger partial charge in [0.05, 0.1) is 0 Å². The van der Waals surface area contributed by atoms with Gasteiger partial charge in [-0.05, 0) is 31.8 Å². The molecule has 0 aliphatic carbocycles. The Morgan fingerprint density at radius 1 is 1.23 bits per heavy atom. The van der Waals surface area contributed by atoms with Crippen molar-refractivity contribution in [1.82, 2.24) is 0 Å². The molecule has 0 saturated carbocycles. The maximum atomic E-state index is 3.82. The summed E-state index contributed by atoms with van der Waals surface area (Å²) in [6, 6.07) is 0. The van der Waals surface area contributed by atoms with Crippen LogP contribution in [0.1, 0.15) is 46.5 Å². The molecule has 0 rings (SSSR count). The van der Waals surface area contributed by atoms with Gasteiger partial charge >= 0.3 is 0 Å². The highest BCUT2D eigenvalue weighted by Gasteiger charge is 1.89. The van der Waals surface area contributed by atoms with Gasteiger partial charge in [0.1, 0.15) is 0 Å². The summed E-state index contributed by atoms with van der Waals surface area (Å²) in [6.07, 6.45) is 11.2. The van der Waals surface area contributed by atoms with Crippen molar-refractivity contribution in [3.8, 4) is 0 Å². The largest absolute Gasteiger partial charge is 0.0988 e. The molecule has 0 heterocycles. The lowest BCUT2D eigenvalue weighted by atomic mass is 10.1. The Balaban J connectivity index is 4.13. The second kappa shape index (κ2) is 7.85. The average Bonchev–Trinajstić information content (AvgIpc) is 2.17. The lowest BCUT2D eigenvalue weighted by Crippen LogP contribution is -1.78. The van der Waals surface area contributed by atoms with Crippen molar-refractivity contribution in [2.45, 2.75) is 46.5 Å². The predicted molar refractivity (Wildman–Crippen MR) is 61.9 cm³/mol. The zero-order valence-electron chi connectivity index (χ0n) is 9.27. The van der Waals surface area contributed by atoms with Gasteiger partial charge < -0.3 is 0 Å². The number of hydrogen-bond donors (Lipinski definition) is 0. The number of unbranched alkanes of at least 4 members (excludes halogenated alkanes) is 1. The van der Waals surface area contributed by atoms with E-state index in [-0.39, 0.29) is 0 Å². The third kappa shape index (κ3) is 6.39. The zero-order valence-corrected chi connectivity index (χ0v) is 9.27.